The number of hydrogen-bond acceptors (Lipinski definition) is 4. The molecule has 4 heteroatoms. The molecular weight excluding hydrogens is 204 g/mol. The van der Waals surface area contributed by atoms with E-state index in [-0.39, 0.29) is 11.8 Å². The third-order valence-electron chi connectivity index (χ3n) is 3.33. The predicted octanol–water partition coefficient (Wildman–Crippen LogP) is 1.10. The van der Waals surface area contributed by atoms with Crippen LogP contribution in [0, 0.1) is 0 Å². The number of aliphatic hydroxyl groups is 1. The van der Waals surface area contributed by atoms with Gasteiger partial charge < -0.3 is 20.8 Å². The number of nitrogen functional groups attached to an aromatic ring is 1. The molecule has 16 heavy (non-hydrogen) atoms. The van der Waals surface area contributed by atoms with Crippen LogP contribution < -0.4 is 5.73 Å². The number of rotatable bonds is 2. The number of nitrogens with two attached hydrogens (primary N) is 1. The van der Waals surface area contributed by atoms with Crippen LogP contribution in [0.3, 0.4) is 0 Å². The molecule has 4 N–H and O–H groups in total. The lowest BCUT2D eigenvalue weighted by atomic mass is 9.98. The number of hydrogen-bond donors (Lipinski definition) is 3. The van der Waals surface area contributed by atoms with Crippen molar-refractivity contribution in [3.8, 4) is 5.75 Å². The molecule has 0 aromatic heterocycles. The van der Waals surface area contributed by atoms with E-state index in [2.05, 4.69) is 4.90 Å². The van der Waals surface area contributed by atoms with Crippen LogP contribution in [-0.4, -0.2) is 34.7 Å². The van der Waals surface area contributed by atoms with Crippen molar-refractivity contribution in [1.29, 1.82) is 0 Å². The number of benzene rings is 1. The minimum Gasteiger partial charge on any atom is -0.508 e. The summed E-state index contributed by atoms with van der Waals surface area (Å²) in [6.45, 7) is 1.00. The molecule has 1 aliphatic heterocycles. The zero-order chi connectivity index (χ0) is 11.7. The van der Waals surface area contributed by atoms with Gasteiger partial charge in [0.15, 0.2) is 0 Å². The molecule has 2 atom stereocenters. The van der Waals surface area contributed by atoms with Gasteiger partial charge >= 0.3 is 0 Å². The van der Waals surface area contributed by atoms with Crippen molar-refractivity contribution in [2.75, 3.05) is 19.3 Å². The van der Waals surface area contributed by atoms with Gasteiger partial charge in [0.1, 0.15) is 5.75 Å². The number of likely N-dealkylation sites (tertiary alicyclic amines) is 1. The van der Waals surface area contributed by atoms with E-state index in [1.807, 2.05) is 7.05 Å². The first-order chi connectivity index (χ1) is 7.59. The molecule has 1 saturated heterocycles. The number of aliphatic hydroxyl groups excluding tert-OH is 1. The van der Waals surface area contributed by atoms with Crippen LogP contribution in [0.1, 0.15) is 24.5 Å². The largest absolute Gasteiger partial charge is 0.508 e. The van der Waals surface area contributed by atoms with Crippen molar-refractivity contribution in [3.63, 3.8) is 0 Å². The quantitative estimate of drug-likeness (QED) is 0.518. The van der Waals surface area contributed by atoms with E-state index in [1.54, 1.807) is 12.1 Å². The number of phenolic OH excluding ortho intramolecular Hbond substituents is 1. The van der Waals surface area contributed by atoms with E-state index in [4.69, 9.17) is 5.73 Å². The summed E-state index contributed by atoms with van der Waals surface area (Å²) in [5, 5.41) is 19.7. The van der Waals surface area contributed by atoms with Crippen molar-refractivity contribution < 1.29 is 10.2 Å². The Balaban J connectivity index is 2.25. The van der Waals surface area contributed by atoms with Crippen LogP contribution in [-0.2, 0) is 0 Å². The SMILES string of the molecule is CN1CCCC1C(O)c1cc(O)ccc1N. The highest BCUT2D eigenvalue weighted by molar-refractivity contribution is 5.51. The molecule has 1 aromatic rings. The Morgan fingerprint density at radius 1 is 1.50 bits per heavy atom. The molecule has 0 amide bonds. The number of nitrogens with zero attached hydrogens (tertiary/aromatic N) is 1. The molecule has 0 spiro atoms. The maximum atomic E-state index is 10.3. The Labute approximate surface area is 95.3 Å². The van der Waals surface area contributed by atoms with Crippen LogP contribution in [0.25, 0.3) is 0 Å². The van der Waals surface area contributed by atoms with Crippen LogP contribution in [0.2, 0.25) is 0 Å². The number of phenols is 1. The predicted molar refractivity (Wildman–Crippen MR) is 63.1 cm³/mol. The third kappa shape index (κ3) is 1.99. The maximum absolute atomic E-state index is 10.3. The maximum Gasteiger partial charge on any atom is 0.116 e. The van der Waals surface area contributed by atoms with E-state index in [0.29, 0.717) is 11.3 Å². The standard InChI is InChI=1S/C12H18N2O2/c1-14-6-2-3-11(14)12(16)9-7-8(15)4-5-10(9)13/h4-5,7,11-12,15-16H,2-3,6,13H2,1H3. The van der Waals surface area contributed by atoms with Crippen LogP contribution in [0.4, 0.5) is 5.69 Å². The van der Waals surface area contributed by atoms with Gasteiger partial charge in [0.25, 0.3) is 0 Å². The molecule has 0 bridgehead atoms. The van der Waals surface area contributed by atoms with Gasteiger partial charge in [0.05, 0.1) is 6.10 Å². The topological polar surface area (TPSA) is 69.7 Å². The normalized spacial score (nSPS) is 23.5. The molecule has 2 rings (SSSR count). The summed E-state index contributed by atoms with van der Waals surface area (Å²) in [7, 11) is 2.00. The second-order valence-corrected chi connectivity index (χ2v) is 4.45. The van der Waals surface area contributed by atoms with Crippen LogP contribution in [0.5, 0.6) is 5.75 Å². The molecule has 0 saturated carbocycles. The van der Waals surface area contributed by atoms with E-state index in [0.717, 1.165) is 19.4 Å². The molecule has 1 aromatic carbocycles. The zero-order valence-electron chi connectivity index (χ0n) is 9.43. The van der Waals surface area contributed by atoms with Gasteiger partial charge in [-0.2, -0.15) is 0 Å². The fraction of sp³-hybridized carbons (Fsp3) is 0.500. The molecule has 4 nitrogen and oxygen atoms in total. The lowest BCUT2D eigenvalue weighted by Crippen LogP contribution is -2.31. The molecule has 0 radical (unpaired) electrons. The highest BCUT2D eigenvalue weighted by Gasteiger charge is 2.30. The van der Waals surface area contributed by atoms with Gasteiger partial charge in [0.2, 0.25) is 0 Å². The van der Waals surface area contributed by atoms with Crippen molar-refractivity contribution in [1.82, 2.24) is 4.90 Å². The van der Waals surface area contributed by atoms with E-state index in [1.165, 1.54) is 6.07 Å². The monoisotopic (exact) mass is 222 g/mol. The first-order valence-corrected chi connectivity index (χ1v) is 5.56. The fourth-order valence-corrected chi connectivity index (χ4v) is 2.36. The summed E-state index contributed by atoms with van der Waals surface area (Å²) in [5.41, 5.74) is 6.97. The Morgan fingerprint density at radius 2 is 2.25 bits per heavy atom. The minimum absolute atomic E-state index is 0.101. The Hall–Kier alpha value is -1.26. The van der Waals surface area contributed by atoms with Gasteiger partial charge in [-0.25, -0.2) is 0 Å². The van der Waals surface area contributed by atoms with Crippen molar-refractivity contribution in [2.45, 2.75) is 25.0 Å². The van der Waals surface area contributed by atoms with Gasteiger partial charge in [-0.15, -0.1) is 0 Å². The molecular formula is C12H18N2O2. The summed E-state index contributed by atoms with van der Waals surface area (Å²) in [5.74, 6) is 0.143. The van der Waals surface area contributed by atoms with Crippen molar-refractivity contribution in [3.05, 3.63) is 23.8 Å². The summed E-state index contributed by atoms with van der Waals surface area (Å²) in [4.78, 5) is 2.13. The highest BCUT2D eigenvalue weighted by atomic mass is 16.3. The molecule has 88 valence electrons. The molecule has 0 aliphatic carbocycles. The zero-order valence-corrected chi connectivity index (χ0v) is 9.43. The number of anilines is 1. The number of aromatic hydroxyl groups is 1. The lowest BCUT2D eigenvalue weighted by Gasteiger charge is -2.26. The Kier molecular flexibility index (Phi) is 3.03. The van der Waals surface area contributed by atoms with Crippen molar-refractivity contribution in [2.24, 2.45) is 0 Å². The average Bonchev–Trinajstić information content (AvgIpc) is 2.67. The smallest absolute Gasteiger partial charge is 0.116 e. The van der Waals surface area contributed by atoms with Gasteiger partial charge in [0, 0.05) is 17.3 Å². The van der Waals surface area contributed by atoms with Crippen molar-refractivity contribution >= 4 is 5.69 Å². The molecule has 2 unspecified atom stereocenters. The summed E-state index contributed by atoms with van der Waals surface area (Å²) in [6.07, 6.45) is 1.43. The minimum atomic E-state index is -0.625. The van der Waals surface area contributed by atoms with Gasteiger partial charge in [-0.1, -0.05) is 0 Å². The average molecular weight is 222 g/mol. The van der Waals surface area contributed by atoms with Crippen LogP contribution in [0.15, 0.2) is 18.2 Å². The van der Waals surface area contributed by atoms with E-state index in [9.17, 15) is 10.2 Å². The second-order valence-electron chi connectivity index (χ2n) is 4.45. The first-order valence-electron chi connectivity index (χ1n) is 5.56. The highest BCUT2D eigenvalue weighted by Crippen LogP contribution is 2.32. The lowest BCUT2D eigenvalue weighted by molar-refractivity contribution is 0.0861. The first kappa shape index (κ1) is 11.2. The molecule has 1 heterocycles. The second kappa shape index (κ2) is 4.31. The number of likely N-dealkylation sites (N-methyl/N-ethyl adjacent to an activating group) is 1. The van der Waals surface area contributed by atoms with Gasteiger partial charge in [-0.05, 0) is 44.6 Å². The molecule has 1 fully saturated rings. The summed E-state index contributed by atoms with van der Waals surface area (Å²) < 4.78 is 0. The summed E-state index contributed by atoms with van der Waals surface area (Å²) >= 11 is 0. The van der Waals surface area contributed by atoms with Crippen LogP contribution >= 0.6 is 0 Å². The fourth-order valence-electron chi connectivity index (χ4n) is 2.36. The summed E-state index contributed by atoms with van der Waals surface area (Å²) in [6, 6.07) is 4.81. The third-order valence-corrected chi connectivity index (χ3v) is 3.33. The Bertz CT molecular complexity index is 381. The molecule has 1 aliphatic rings. The van der Waals surface area contributed by atoms with Gasteiger partial charge in [-0.3, -0.25) is 0 Å². The Morgan fingerprint density at radius 3 is 2.88 bits per heavy atom. The van der Waals surface area contributed by atoms with E-state index >= 15 is 0 Å². The van der Waals surface area contributed by atoms with E-state index < -0.39 is 6.10 Å².